The van der Waals surface area contributed by atoms with Gasteiger partial charge in [-0.2, -0.15) is 0 Å². The molecule has 194 valence electrons. The summed E-state index contributed by atoms with van der Waals surface area (Å²) in [4.78, 5) is 23.3. The highest BCUT2D eigenvalue weighted by molar-refractivity contribution is 5.85. The number of ketones is 1. The van der Waals surface area contributed by atoms with Crippen molar-refractivity contribution < 1.29 is 19.1 Å². The highest BCUT2D eigenvalue weighted by atomic mass is 16.5. The number of hydrogen-bond donors (Lipinski definition) is 2. The molecule has 1 unspecified atom stereocenters. The van der Waals surface area contributed by atoms with E-state index < -0.39 is 0 Å². The van der Waals surface area contributed by atoms with E-state index in [9.17, 15) is 9.59 Å². The third-order valence-corrected chi connectivity index (χ3v) is 4.71. The first kappa shape index (κ1) is 31.7. The van der Waals surface area contributed by atoms with Crippen LogP contribution in [0.3, 0.4) is 0 Å². The van der Waals surface area contributed by atoms with Gasteiger partial charge in [0, 0.05) is 18.3 Å². The van der Waals surface area contributed by atoms with Crippen molar-refractivity contribution in [2.24, 2.45) is 11.8 Å². The number of nitrogens with one attached hydrogen (secondary N) is 2. The van der Waals surface area contributed by atoms with Gasteiger partial charge in [-0.15, -0.1) is 0 Å². The summed E-state index contributed by atoms with van der Waals surface area (Å²) >= 11 is 0. The third-order valence-electron chi connectivity index (χ3n) is 4.71. The molecule has 0 aromatic heterocycles. The molecule has 0 heterocycles. The van der Waals surface area contributed by atoms with E-state index >= 15 is 0 Å². The van der Waals surface area contributed by atoms with Gasteiger partial charge >= 0.3 is 6.09 Å². The van der Waals surface area contributed by atoms with E-state index in [2.05, 4.69) is 51.3 Å². The highest BCUT2D eigenvalue weighted by Crippen LogP contribution is 2.09. The Morgan fingerprint density at radius 3 is 2.15 bits per heavy atom. The molecule has 1 atom stereocenters. The summed E-state index contributed by atoms with van der Waals surface area (Å²) in [6.45, 7) is 17.7. The van der Waals surface area contributed by atoms with Crippen molar-refractivity contribution in [3.63, 3.8) is 0 Å². The Labute approximate surface area is 207 Å². The molecule has 6 heteroatoms. The number of amides is 1. The SMILES string of the molecule is CC(C)NC(=O)OCc1ccccc1.CCC=C(C)NC(CC(C)C)C(=O)COCCC(C)C. The van der Waals surface area contributed by atoms with Gasteiger partial charge in [0.1, 0.15) is 13.2 Å². The van der Waals surface area contributed by atoms with Crippen LogP contribution in [-0.2, 0) is 20.9 Å². The van der Waals surface area contributed by atoms with Gasteiger partial charge in [-0.05, 0) is 57.4 Å². The number of alkyl carbamates (subject to hydrolysis) is 1. The largest absolute Gasteiger partial charge is 0.445 e. The molecule has 34 heavy (non-hydrogen) atoms. The summed E-state index contributed by atoms with van der Waals surface area (Å²) in [6, 6.07) is 9.58. The Bertz CT molecular complexity index is 700. The lowest BCUT2D eigenvalue weighted by atomic mass is 10.00. The normalized spacial score (nSPS) is 12.3. The van der Waals surface area contributed by atoms with E-state index in [1.807, 2.05) is 51.1 Å². The molecule has 0 aliphatic rings. The molecule has 6 nitrogen and oxygen atoms in total. The fraction of sp³-hybridized carbons (Fsp3) is 0.643. The van der Waals surface area contributed by atoms with Crippen molar-refractivity contribution in [3.8, 4) is 0 Å². The Kier molecular flexibility index (Phi) is 17.7. The fourth-order valence-electron chi connectivity index (χ4n) is 2.98. The minimum Gasteiger partial charge on any atom is -0.445 e. The van der Waals surface area contributed by atoms with Crippen LogP contribution in [0.5, 0.6) is 0 Å². The van der Waals surface area contributed by atoms with E-state index in [1.165, 1.54) is 0 Å². The average molecular weight is 477 g/mol. The van der Waals surface area contributed by atoms with Crippen LogP contribution in [0.2, 0.25) is 0 Å². The molecule has 0 radical (unpaired) electrons. The first-order valence-corrected chi connectivity index (χ1v) is 12.6. The maximum Gasteiger partial charge on any atom is 0.407 e. The lowest BCUT2D eigenvalue weighted by Gasteiger charge is -2.21. The monoisotopic (exact) mass is 476 g/mol. The second kappa shape index (κ2) is 19.0. The Morgan fingerprint density at radius 2 is 1.62 bits per heavy atom. The van der Waals surface area contributed by atoms with Gasteiger partial charge in [-0.1, -0.05) is 71.0 Å². The molecule has 0 fully saturated rings. The minimum atomic E-state index is -0.371. The van der Waals surface area contributed by atoms with Crippen LogP contribution in [0.25, 0.3) is 0 Å². The van der Waals surface area contributed by atoms with Crippen molar-refractivity contribution in [2.75, 3.05) is 13.2 Å². The van der Waals surface area contributed by atoms with Gasteiger partial charge in [0.15, 0.2) is 5.78 Å². The lowest BCUT2D eigenvalue weighted by Crippen LogP contribution is -2.39. The molecule has 0 spiro atoms. The summed E-state index contributed by atoms with van der Waals surface area (Å²) in [7, 11) is 0. The molecule has 0 saturated carbocycles. The van der Waals surface area contributed by atoms with Crippen LogP contribution in [0.1, 0.15) is 80.2 Å². The number of benzene rings is 1. The zero-order valence-electron chi connectivity index (χ0n) is 22.6. The summed E-state index contributed by atoms with van der Waals surface area (Å²) in [5, 5.41) is 5.98. The number of allylic oxidation sites excluding steroid dienone is 2. The van der Waals surface area contributed by atoms with Gasteiger partial charge in [0.2, 0.25) is 0 Å². The first-order valence-electron chi connectivity index (χ1n) is 12.6. The van der Waals surface area contributed by atoms with Gasteiger partial charge in [-0.3, -0.25) is 4.79 Å². The number of hydrogen-bond acceptors (Lipinski definition) is 5. The van der Waals surface area contributed by atoms with E-state index in [0.29, 0.717) is 25.0 Å². The molecule has 2 N–H and O–H groups in total. The number of carbonyl (C=O) groups is 2. The minimum absolute atomic E-state index is 0.110. The predicted octanol–water partition coefficient (Wildman–Crippen LogP) is 6.26. The van der Waals surface area contributed by atoms with Gasteiger partial charge < -0.3 is 20.1 Å². The van der Waals surface area contributed by atoms with Crippen LogP contribution in [0.15, 0.2) is 42.1 Å². The third kappa shape index (κ3) is 18.1. The van der Waals surface area contributed by atoms with Crippen LogP contribution < -0.4 is 10.6 Å². The molecule has 1 aromatic rings. The zero-order valence-corrected chi connectivity index (χ0v) is 22.6. The Balaban J connectivity index is 0.000000679. The van der Waals surface area contributed by atoms with Crippen molar-refractivity contribution in [2.45, 2.75) is 93.3 Å². The average Bonchev–Trinajstić information content (AvgIpc) is 2.75. The zero-order chi connectivity index (χ0) is 25.9. The quantitative estimate of drug-likeness (QED) is 0.310. The van der Waals surface area contributed by atoms with Crippen LogP contribution in [0.4, 0.5) is 4.79 Å². The molecule has 0 aliphatic heterocycles. The van der Waals surface area contributed by atoms with Crippen molar-refractivity contribution in [1.29, 1.82) is 0 Å². The Morgan fingerprint density at radius 1 is 0.971 bits per heavy atom. The Hall–Kier alpha value is -2.34. The van der Waals surface area contributed by atoms with Crippen molar-refractivity contribution >= 4 is 11.9 Å². The summed E-state index contributed by atoms with van der Waals surface area (Å²) < 4.78 is 10.5. The van der Waals surface area contributed by atoms with Gasteiger partial charge in [0.25, 0.3) is 0 Å². The van der Waals surface area contributed by atoms with E-state index in [-0.39, 0.29) is 30.6 Å². The summed E-state index contributed by atoms with van der Waals surface area (Å²) in [5.41, 5.74) is 2.07. The maximum atomic E-state index is 12.2. The van der Waals surface area contributed by atoms with E-state index in [4.69, 9.17) is 9.47 Å². The molecule has 0 bridgehead atoms. The van der Waals surface area contributed by atoms with Crippen LogP contribution in [0, 0.1) is 11.8 Å². The summed E-state index contributed by atoms with van der Waals surface area (Å²) in [6.07, 6.45) is 4.57. The van der Waals surface area contributed by atoms with Gasteiger partial charge in [-0.25, -0.2) is 4.79 Å². The second-order valence-corrected chi connectivity index (χ2v) is 9.68. The van der Waals surface area contributed by atoms with E-state index in [1.54, 1.807) is 0 Å². The second-order valence-electron chi connectivity index (χ2n) is 9.68. The smallest absolute Gasteiger partial charge is 0.407 e. The number of carbonyl (C=O) groups excluding carboxylic acids is 2. The van der Waals surface area contributed by atoms with Crippen LogP contribution in [-0.4, -0.2) is 37.2 Å². The fourth-order valence-corrected chi connectivity index (χ4v) is 2.98. The summed E-state index contributed by atoms with van der Waals surface area (Å²) in [5.74, 6) is 1.26. The standard InChI is InChI=1S/C17H33NO2.C11H15NO2/c1-7-8-15(6)18-16(11-14(4)5)17(19)12-20-10-9-13(2)3;1-9(2)12-11(13)14-8-10-6-4-3-5-7-10/h8,13-14,16,18H,7,9-12H2,1-6H3;3-7,9H,8H2,1-2H3,(H,12,13). The number of rotatable bonds is 14. The molecule has 1 rings (SSSR count). The molecule has 0 saturated heterocycles. The molecule has 0 aliphatic carbocycles. The molecule has 1 aromatic carbocycles. The topological polar surface area (TPSA) is 76.7 Å². The molecular formula is C28H48N2O4. The molecule has 1 amide bonds. The van der Waals surface area contributed by atoms with Crippen LogP contribution >= 0.6 is 0 Å². The molecular weight excluding hydrogens is 428 g/mol. The van der Waals surface area contributed by atoms with E-state index in [0.717, 1.165) is 30.5 Å². The first-order chi connectivity index (χ1) is 16.0. The number of ether oxygens (including phenoxy) is 2. The lowest BCUT2D eigenvalue weighted by molar-refractivity contribution is -0.126. The van der Waals surface area contributed by atoms with Crippen molar-refractivity contribution in [3.05, 3.63) is 47.7 Å². The number of Topliss-reactive ketones (excluding diaryl/α,β-unsaturated/α-hetero) is 1. The van der Waals surface area contributed by atoms with Crippen molar-refractivity contribution in [1.82, 2.24) is 10.6 Å². The highest BCUT2D eigenvalue weighted by Gasteiger charge is 2.19. The predicted molar refractivity (Wildman–Crippen MR) is 141 cm³/mol. The van der Waals surface area contributed by atoms with Gasteiger partial charge in [0.05, 0.1) is 6.04 Å². The maximum absolute atomic E-state index is 12.2.